The first-order chi connectivity index (χ1) is 7.49. The highest BCUT2D eigenvalue weighted by Gasteiger charge is 2.18. The van der Waals surface area contributed by atoms with E-state index in [1.807, 2.05) is 18.5 Å². The molecular weight excluding hydrogens is 204 g/mol. The van der Waals surface area contributed by atoms with Crippen LogP contribution >= 0.6 is 0 Å². The van der Waals surface area contributed by atoms with Crippen molar-refractivity contribution < 1.29 is 9.84 Å². The second-order valence-electron chi connectivity index (χ2n) is 4.34. The predicted octanol–water partition coefficient (Wildman–Crippen LogP) is 2.15. The van der Waals surface area contributed by atoms with E-state index in [0.717, 1.165) is 30.0 Å². The first-order valence-electron chi connectivity index (χ1n) is 5.71. The molecule has 0 amide bonds. The molecule has 2 unspecified atom stereocenters. The summed E-state index contributed by atoms with van der Waals surface area (Å²) in [6.07, 6.45) is 0.473. The molecule has 1 rings (SSSR count). The van der Waals surface area contributed by atoms with E-state index >= 15 is 0 Å². The fourth-order valence-corrected chi connectivity index (χ4v) is 2.12. The zero-order valence-corrected chi connectivity index (χ0v) is 10.8. The van der Waals surface area contributed by atoms with Crippen LogP contribution in [-0.4, -0.2) is 28.6 Å². The minimum absolute atomic E-state index is 0.297. The van der Waals surface area contributed by atoms with Crippen LogP contribution in [-0.2, 0) is 4.74 Å². The van der Waals surface area contributed by atoms with Gasteiger partial charge in [-0.05, 0) is 34.1 Å². The maximum atomic E-state index is 9.68. The number of aromatic nitrogens is 2. The van der Waals surface area contributed by atoms with Crippen LogP contribution in [0.5, 0.6) is 0 Å². The van der Waals surface area contributed by atoms with Crippen LogP contribution < -0.4 is 0 Å². The van der Waals surface area contributed by atoms with Crippen molar-refractivity contribution in [3.05, 3.63) is 17.0 Å². The van der Waals surface area contributed by atoms with Crippen LogP contribution in [0, 0.1) is 13.8 Å². The Morgan fingerprint density at radius 1 is 1.38 bits per heavy atom. The van der Waals surface area contributed by atoms with Gasteiger partial charge in [-0.15, -0.1) is 0 Å². The number of ether oxygens (including phenoxy) is 1. The third-order valence-corrected chi connectivity index (χ3v) is 2.96. The molecule has 0 aliphatic heterocycles. The maximum Gasteiger partial charge on any atom is 0.0797 e. The standard InChI is InChI=1S/C12H22N2O2/c1-8(6-7-16-5)14-10(3)12(11(4)15)9(2)13-14/h8,11,15H,6-7H2,1-5H3. The van der Waals surface area contributed by atoms with Gasteiger partial charge in [0.25, 0.3) is 0 Å². The van der Waals surface area contributed by atoms with E-state index in [1.165, 1.54) is 0 Å². The van der Waals surface area contributed by atoms with Gasteiger partial charge in [-0.3, -0.25) is 4.68 Å². The lowest BCUT2D eigenvalue weighted by molar-refractivity contribution is 0.177. The Morgan fingerprint density at radius 2 is 2.00 bits per heavy atom. The number of hydrogen-bond acceptors (Lipinski definition) is 3. The molecule has 1 N–H and O–H groups in total. The van der Waals surface area contributed by atoms with Crippen LogP contribution in [0.4, 0.5) is 0 Å². The van der Waals surface area contributed by atoms with Crippen LogP contribution in [0.15, 0.2) is 0 Å². The van der Waals surface area contributed by atoms with Gasteiger partial charge in [0.05, 0.1) is 17.8 Å². The van der Waals surface area contributed by atoms with Crippen LogP contribution in [0.3, 0.4) is 0 Å². The monoisotopic (exact) mass is 226 g/mol. The van der Waals surface area contributed by atoms with Crippen molar-refractivity contribution >= 4 is 0 Å². The smallest absolute Gasteiger partial charge is 0.0797 e. The highest BCUT2D eigenvalue weighted by molar-refractivity contribution is 5.26. The molecule has 0 aromatic carbocycles. The lowest BCUT2D eigenvalue weighted by Gasteiger charge is -2.14. The van der Waals surface area contributed by atoms with E-state index in [9.17, 15) is 5.11 Å². The van der Waals surface area contributed by atoms with Gasteiger partial charge in [-0.1, -0.05) is 0 Å². The number of hydrogen-bond donors (Lipinski definition) is 1. The molecule has 0 saturated carbocycles. The van der Waals surface area contributed by atoms with Gasteiger partial charge >= 0.3 is 0 Å². The molecule has 0 radical (unpaired) electrons. The van der Waals surface area contributed by atoms with Crippen molar-refractivity contribution in [3.63, 3.8) is 0 Å². The van der Waals surface area contributed by atoms with Crippen molar-refractivity contribution in [2.24, 2.45) is 0 Å². The van der Waals surface area contributed by atoms with E-state index in [-0.39, 0.29) is 0 Å². The van der Waals surface area contributed by atoms with Gasteiger partial charge in [0.2, 0.25) is 0 Å². The average molecular weight is 226 g/mol. The van der Waals surface area contributed by atoms with E-state index in [1.54, 1.807) is 14.0 Å². The Bertz CT molecular complexity index is 345. The van der Waals surface area contributed by atoms with E-state index in [4.69, 9.17) is 4.74 Å². The summed E-state index contributed by atoms with van der Waals surface area (Å²) >= 11 is 0. The van der Waals surface area contributed by atoms with Gasteiger partial charge < -0.3 is 9.84 Å². The molecule has 0 aliphatic carbocycles. The number of aliphatic hydroxyl groups excluding tert-OH is 1. The average Bonchev–Trinajstić information content (AvgIpc) is 2.50. The minimum Gasteiger partial charge on any atom is -0.389 e. The van der Waals surface area contributed by atoms with Crippen molar-refractivity contribution in [3.8, 4) is 0 Å². The van der Waals surface area contributed by atoms with Crippen LogP contribution in [0.2, 0.25) is 0 Å². The zero-order valence-electron chi connectivity index (χ0n) is 10.8. The number of methoxy groups -OCH3 is 1. The topological polar surface area (TPSA) is 47.3 Å². The molecule has 92 valence electrons. The van der Waals surface area contributed by atoms with Gasteiger partial charge in [-0.2, -0.15) is 5.10 Å². The Labute approximate surface area is 97.2 Å². The summed E-state index contributed by atoms with van der Waals surface area (Å²) in [5.41, 5.74) is 2.91. The summed E-state index contributed by atoms with van der Waals surface area (Å²) in [6, 6.07) is 0.297. The highest BCUT2D eigenvalue weighted by atomic mass is 16.5. The van der Waals surface area contributed by atoms with Crippen molar-refractivity contribution in [1.82, 2.24) is 9.78 Å². The van der Waals surface area contributed by atoms with Gasteiger partial charge in [0.15, 0.2) is 0 Å². The quantitative estimate of drug-likeness (QED) is 0.837. The highest BCUT2D eigenvalue weighted by Crippen LogP contribution is 2.24. The third-order valence-electron chi connectivity index (χ3n) is 2.96. The van der Waals surface area contributed by atoms with Gasteiger partial charge in [0.1, 0.15) is 0 Å². The van der Waals surface area contributed by atoms with E-state index in [2.05, 4.69) is 12.0 Å². The summed E-state index contributed by atoms with van der Waals surface area (Å²) in [5, 5.41) is 14.2. The molecule has 1 aromatic heterocycles. The van der Waals surface area contributed by atoms with E-state index in [0.29, 0.717) is 6.04 Å². The first kappa shape index (κ1) is 13.2. The Balaban J connectivity index is 2.93. The Hall–Kier alpha value is -0.870. The van der Waals surface area contributed by atoms with Crippen LogP contribution in [0.25, 0.3) is 0 Å². The molecule has 0 spiro atoms. The third kappa shape index (κ3) is 2.62. The molecule has 0 bridgehead atoms. The lowest BCUT2D eigenvalue weighted by atomic mass is 10.1. The second kappa shape index (κ2) is 5.46. The SMILES string of the molecule is COCCC(C)n1nc(C)c(C(C)O)c1C. The fourth-order valence-electron chi connectivity index (χ4n) is 2.12. The van der Waals surface area contributed by atoms with E-state index < -0.39 is 6.10 Å². The maximum absolute atomic E-state index is 9.68. The molecule has 1 heterocycles. The normalized spacial score (nSPS) is 15.1. The second-order valence-corrected chi connectivity index (χ2v) is 4.34. The van der Waals surface area contributed by atoms with Crippen molar-refractivity contribution in [2.45, 2.75) is 46.3 Å². The van der Waals surface area contributed by atoms with Crippen molar-refractivity contribution in [1.29, 1.82) is 0 Å². The summed E-state index contributed by atoms with van der Waals surface area (Å²) in [7, 11) is 1.70. The summed E-state index contributed by atoms with van der Waals surface area (Å²) in [5.74, 6) is 0. The lowest BCUT2D eigenvalue weighted by Crippen LogP contribution is -2.11. The minimum atomic E-state index is -0.455. The molecule has 2 atom stereocenters. The summed E-state index contributed by atoms with van der Waals surface area (Å²) < 4.78 is 7.05. The van der Waals surface area contributed by atoms with Gasteiger partial charge in [-0.25, -0.2) is 0 Å². The Kier molecular flexibility index (Phi) is 4.50. The van der Waals surface area contributed by atoms with Crippen molar-refractivity contribution in [2.75, 3.05) is 13.7 Å². The molecule has 1 aromatic rings. The first-order valence-corrected chi connectivity index (χ1v) is 5.71. The molecule has 0 saturated heterocycles. The number of aliphatic hydroxyl groups is 1. The number of rotatable bonds is 5. The molecule has 4 heteroatoms. The molecular formula is C12H22N2O2. The molecule has 0 fully saturated rings. The largest absolute Gasteiger partial charge is 0.389 e. The molecule has 16 heavy (non-hydrogen) atoms. The van der Waals surface area contributed by atoms with Crippen LogP contribution in [0.1, 0.15) is 49.4 Å². The molecule has 0 aliphatic rings. The van der Waals surface area contributed by atoms with Gasteiger partial charge in [0, 0.05) is 25.0 Å². The fraction of sp³-hybridized carbons (Fsp3) is 0.750. The predicted molar refractivity (Wildman–Crippen MR) is 63.5 cm³/mol. The summed E-state index contributed by atoms with van der Waals surface area (Å²) in [4.78, 5) is 0. The molecule has 4 nitrogen and oxygen atoms in total. The summed E-state index contributed by atoms with van der Waals surface area (Å²) in [6.45, 7) is 8.56. The number of nitrogens with zero attached hydrogens (tertiary/aromatic N) is 2. The Morgan fingerprint density at radius 3 is 2.44 bits per heavy atom. The zero-order chi connectivity index (χ0) is 12.3. The number of aryl methyl sites for hydroxylation is 1.